The first kappa shape index (κ1) is 12.5. The average Bonchev–Trinajstić information content (AvgIpc) is 2.87. The number of aromatic amines is 1. The van der Waals surface area contributed by atoms with Crippen LogP contribution >= 0.6 is 0 Å². The number of likely N-dealkylation sites (tertiary alicyclic amines) is 1. The molecule has 19 heavy (non-hydrogen) atoms. The predicted octanol–water partition coefficient (Wildman–Crippen LogP) is 2.82. The molecule has 2 aromatic rings. The lowest BCUT2D eigenvalue weighted by atomic mass is 10.1. The molecular formula is C15H21N3O. The van der Waals surface area contributed by atoms with Crippen molar-refractivity contribution in [1.82, 2.24) is 14.9 Å². The summed E-state index contributed by atoms with van der Waals surface area (Å²) >= 11 is 0. The van der Waals surface area contributed by atoms with Crippen LogP contribution in [0.3, 0.4) is 0 Å². The molecule has 0 amide bonds. The van der Waals surface area contributed by atoms with Crippen molar-refractivity contribution in [3.8, 4) is 6.01 Å². The molecule has 1 aromatic carbocycles. The Morgan fingerprint density at radius 3 is 2.84 bits per heavy atom. The SMILES string of the molecule is c1ccc2[nH]c(OCCCN3CCCCC3)nc2c1. The molecule has 1 saturated heterocycles. The molecule has 1 aliphatic rings. The summed E-state index contributed by atoms with van der Waals surface area (Å²) in [7, 11) is 0. The van der Waals surface area contributed by atoms with E-state index < -0.39 is 0 Å². The van der Waals surface area contributed by atoms with Gasteiger partial charge in [0.2, 0.25) is 0 Å². The molecule has 2 heterocycles. The second-order valence-electron chi connectivity index (χ2n) is 5.16. The predicted molar refractivity (Wildman–Crippen MR) is 76.5 cm³/mol. The van der Waals surface area contributed by atoms with Crippen LogP contribution in [0.4, 0.5) is 0 Å². The second-order valence-corrected chi connectivity index (χ2v) is 5.16. The normalized spacial score (nSPS) is 16.8. The standard InChI is InChI=1S/C15H21N3O/c1-4-9-18(10-5-1)11-6-12-19-15-16-13-7-2-3-8-14(13)17-15/h2-3,7-8H,1,4-6,9-12H2,(H,16,17). The van der Waals surface area contributed by atoms with Crippen LogP contribution in [0.5, 0.6) is 6.01 Å². The van der Waals surface area contributed by atoms with Crippen molar-refractivity contribution < 1.29 is 4.74 Å². The Morgan fingerprint density at radius 2 is 2.00 bits per heavy atom. The summed E-state index contributed by atoms with van der Waals surface area (Å²) in [5, 5.41) is 0. The van der Waals surface area contributed by atoms with Crippen LogP contribution in [-0.4, -0.2) is 41.1 Å². The Hall–Kier alpha value is -1.55. The molecule has 102 valence electrons. The van der Waals surface area contributed by atoms with Crippen LogP contribution in [0.25, 0.3) is 11.0 Å². The summed E-state index contributed by atoms with van der Waals surface area (Å²) in [6.07, 6.45) is 5.16. The van der Waals surface area contributed by atoms with E-state index in [9.17, 15) is 0 Å². The van der Waals surface area contributed by atoms with Gasteiger partial charge in [-0.2, -0.15) is 4.98 Å². The third-order valence-electron chi connectivity index (χ3n) is 3.67. The summed E-state index contributed by atoms with van der Waals surface area (Å²) in [6.45, 7) is 4.38. The van der Waals surface area contributed by atoms with Gasteiger partial charge in [0, 0.05) is 6.54 Å². The second kappa shape index (κ2) is 6.06. The molecule has 4 nitrogen and oxygen atoms in total. The van der Waals surface area contributed by atoms with Crippen LogP contribution in [0, 0.1) is 0 Å². The highest BCUT2D eigenvalue weighted by molar-refractivity contribution is 5.75. The Balaban J connectivity index is 1.44. The molecule has 0 atom stereocenters. The number of imidazole rings is 1. The Kier molecular flexibility index (Phi) is 3.98. The summed E-state index contributed by atoms with van der Waals surface area (Å²) in [6, 6.07) is 8.64. The maximum absolute atomic E-state index is 5.69. The first-order chi connectivity index (χ1) is 9.42. The molecule has 0 spiro atoms. The number of para-hydroxylation sites is 2. The van der Waals surface area contributed by atoms with Crippen molar-refractivity contribution in [2.24, 2.45) is 0 Å². The largest absolute Gasteiger partial charge is 0.465 e. The maximum Gasteiger partial charge on any atom is 0.294 e. The number of hydrogen-bond acceptors (Lipinski definition) is 3. The molecule has 1 fully saturated rings. The molecule has 0 aliphatic carbocycles. The van der Waals surface area contributed by atoms with E-state index in [-0.39, 0.29) is 0 Å². The number of H-pyrrole nitrogens is 1. The van der Waals surface area contributed by atoms with Gasteiger partial charge in [-0.3, -0.25) is 0 Å². The zero-order valence-electron chi connectivity index (χ0n) is 11.3. The molecule has 0 radical (unpaired) electrons. The van der Waals surface area contributed by atoms with Gasteiger partial charge < -0.3 is 14.6 Å². The molecule has 0 bridgehead atoms. The highest BCUT2D eigenvalue weighted by atomic mass is 16.5. The highest BCUT2D eigenvalue weighted by Crippen LogP contribution is 2.15. The number of rotatable bonds is 5. The summed E-state index contributed by atoms with van der Waals surface area (Å²) in [5.41, 5.74) is 2.00. The molecular weight excluding hydrogens is 238 g/mol. The van der Waals surface area contributed by atoms with Gasteiger partial charge in [0.1, 0.15) is 0 Å². The third kappa shape index (κ3) is 3.26. The van der Waals surface area contributed by atoms with Crippen molar-refractivity contribution in [3.05, 3.63) is 24.3 Å². The van der Waals surface area contributed by atoms with Gasteiger partial charge in [-0.25, -0.2) is 0 Å². The van der Waals surface area contributed by atoms with Crippen LogP contribution in [-0.2, 0) is 0 Å². The molecule has 1 aliphatic heterocycles. The van der Waals surface area contributed by atoms with Crippen LogP contribution in [0.1, 0.15) is 25.7 Å². The van der Waals surface area contributed by atoms with Crippen molar-refractivity contribution >= 4 is 11.0 Å². The van der Waals surface area contributed by atoms with Gasteiger partial charge >= 0.3 is 0 Å². The lowest BCUT2D eigenvalue weighted by Gasteiger charge is -2.26. The van der Waals surface area contributed by atoms with Gasteiger partial charge in [-0.15, -0.1) is 0 Å². The number of benzene rings is 1. The van der Waals surface area contributed by atoms with Gasteiger partial charge in [0.05, 0.1) is 17.6 Å². The zero-order chi connectivity index (χ0) is 12.9. The minimum atomic E-state index is 0.639. The Labute approximate surface area is 113 Å². The number of nitrogens with one attached hydrogen (secondary N) is 1. The van der Waals surface area contributed by atoms with Gasteiger partial charge in [-0.05, 0) is 44.5 Å². The summed E-state index contributed by atoms with van der Waals surface area (Å²) in [5.74, 6) is 0. The van der Waals surface area contributed by atoms with Crippen LogP contribution < -0.4 is 4.74 Å². The minimum Gasteiger partial charge on any atom is -0.465 e. The summed E-state index contributed by atoms with van der Waals surface area (Å²) in [4.78, 5) is 10.1. The molecule has 4 heteroatoms. The van der Waals surface area contributed by atoms with E-state index >= 15 is 0 Å². The molecule has 1 aromatic heterocycles. The van der Waals surface area contributed by atoms with E-state index in [0.717, 1.165) is 30.6 Å². The highest BCUT2D eigenvalue weighted by Gasteiger charge is 2.09. The monoisotopic (exact) mass is 259 g/mol. The first-order valence-electron chi connectivity index (χ1n) is 7.22. The van der Waals surface area contributed by atoms with Gasteiger partial charge in [-0.1, -0.05) is 18.6 Å². The van der Waals surface area contributed by atoms with Crippen LogP contribution in [0.15, 0.2) is 24.3 Å². The Morgan fingerprint density at radius 1 is 1.16 bits per heavy atom. The fourth-order valence-electron chi connectivity index (χ4n) is 2.64. The quantitative estimate of drug-likeness (QED) is 0.839. The van der Waals surface area contributed by atoms with Crippen molar-refractivity contribution in [2.75, 3.05) is 26.2 Å². The van der Waals surface area contributed by atoms with E-state index in [1.807, 2.05) is 24.3 Å². The topological polar surface area (TPSA) is 41.1 Å². The molecule has 1 N–H and O–H groups in total. The average molecular weight is 259 g/mol. The van der Waals surface area contributed by atoms with Crippen molar-refractivity contribution in [2.45, 2.75) is 25.7 Å². The van der Waals surface area contributed by atoms with Crippen molar-refractivity contribution in [3.63, 3.8) is 0 Å². The molecule has 0 unspecified atom stereocenters. The Bertz CT molecular complexity index is 484. The fraction of sp³-hybridized carbons (Fsp3) is 0.533. The number of nitrogens with zero attached hydrogens (tertiary/aromatic N) is 2. The summed E-state index contributed by atoms with van der Waals surface area (Å²) < 4.78 is 5.69. The fourth-order valence-corrected chi connectivity index (χ4v) is 2.64. The van der Waals surface area contributed by atoms with Gasteiger partial charge in [0.15, 0.2) is 0 Å². The lowest BCUT2D eigenvalue weighted by Crippen LogP contribution is -2.31. The number of aromatic nitrogens is 2. The number of hydrogen-bond donors (Lipinski definition) is 1. The van der Waals surface area contributed by atoms with E-state index in [0.29, 0.717) is 6.01 Å². The molecule has 0 saturated carbocycles. The maximum atomic E-state index is 5.69. The zero-order valence-corrected chi connectivity index (χ0v) is 11.3. The lowest BCUT2D eigenvalue weighted by molar-refractivity contribution is 0.201. The van der Waals surface area contributed by atoms with E-state index in [1.54, 1.807) is 0 Å². The van der Waals surface area contributed by atoms with E-state index in [2.05, 4.69) is 14.9 Å². The van der Waals surface area contributed by atoms with Gasteiger partial charge in [0.25, 0.3) is 6.01 Å². The van der Waals surface area contributed by atoms with E-state index in [1.165, 1.54) is 32.4 Å². The number of fused-ring (bicyclic) bond motifs is 1. The van der Waals surface area contributed by atoms with Crippen LogP contribution in [0.2, 0.25) is 0 Å². The minimum absolute atomic E-state index is 0.639. The number of ether oxygens (including phenoxy) is 1. The smallest absolute Gasteiger partial charge is 0.294 e. The first-order valence-corrected chi connectivity index (χ1v) is 7.22. The third-order valence-corrected chi connectivity index (χ3v) is 3.67. The van der Waals surface area contributed by atoms with Crippen molar-refractivity contribution in [1.29, 1.82) is 0 Å². The van der Waals surface area contributed by atoms with E-state index in [4.69, 9.17) is 4.74 Å². The molecule has 3 rings (SSSR count). The number of piperidine rings is 1.